The molecule has 1 fully saturated rings. The van der Waals surface area contributed by atoms with E-state index in [9.17, 15) is 5.11 Å². The second kappa shape index (κ2) is 4.32. The highest BCUT2D eigenvalue weighted by Crippen LogP contribution is 2.70. The van der Waals surface area contributed by atoms with Crippen LogP contribution in [0, 0.1) is 16.7 Å². The maximum absolute atomic E-state index is 10.7. The SMILES string of the molecule is CC1(C)C(C(O)C(CN)c2ccccn2)C1(C)C. The predicted molar refractivity (Wildman–Crippen MR) is 73.1 cm³/mol. The van der Waals surface area contributed by atoms with Gasteiger partial charge in [-0.05, 0) is 28.9 Å². The molecule has 3 heteroatoms. The Morgan fingerprint density at radius 3 is 2.28 bits per heavy atom. The molecule has 1 saturated carbocycles. The Bertz CT molecular complexity index is 400. The number of nitrogens with zero attached hydrogens (tertiary/aromatic N) is 1. The largest absolute Gasteiger partial charge is 0.392 e. The van der Waals surface area contributed by atoms with Crippen molar-refractivity contribution < 1.29 is 5.11 Å². The van der Waals surface area contributed by atoms with Crippen LogP contribution in [0.2, 0.25) is 0 Å². The van der Waals surface area contributed by atoms with Gasteiger partial charge >= 0.3 is 0 Å². The molecule has 0 radical (unpaired) electrons. The zero-order valence-electron chi connectivity index (χ0n) is 11.7. The van der Waals surface area contributed by atoms with Crippen molar-refractivity contribution in [2.24, 2.45) is 22.5 Å². The normalized spacial score (nSPS) is 24.6. The van der Waals surface area contributed by atoms with Crippen molar-refractivity contribution in [2.75, 3.05) is 6.54 Å². The lowest BCUT2D eigenvalue weighted by Gasteiger charge is -2.22. The molecule has 1 aliphatic carbocycles. The molecule has 1 heterocycles. The smallest absolute Gasteiger partial charge is 0.0674 e. The molecule has 0 spiro atoms. The van der Waals surface area contributed by atoms with Gasteiger partial charge in [0.25, 0.3) is 0 Å². The summed E-state index contributed by atoms with van der Waals surface area (Å²) in [5, 5.41) is 10.7. The van der Waals surface area contributed by atoms with Gasteiger partial charge in [0.2, 0.25) is 0 Å². The van der Waals surface area contributed by atoms with E-state index in [1.54, 1.807) is 6.20 Å². The number of pyridine rings is 1. The second-order valence-corrected chi connectivity index (χ2v) is 6.51. The number of hydrogen-bond donors (Lipinski definition) is 2. The van der Waals surface area contributed by atoms with Crippen LogP contribution < -0.4 is 5.73 Å². The van der Waals surface area contributed by atoms with Crippen LogP contribution in [0.15, 0.2) is 24.4 Å². The van der Waals surface area contributed by atoms with E-state index in [4.69, 9.17) is 5.73 Å². The molecule has 1 aliphatic rings. The van der Waals surface area contributed by atoms with Crippen molar-refractivity contribution in [3.63, 3.8) is 0 Å². The monoisotopic (exact) mass is 248 g/mol. The summed E-state index contributed by atoms with van der Waals surface area (Å²) in [5.41, 5.74) is 7.07. The van der Waals surface area contributed by atoms with E-state index >= 15 is 0 Å². The molecule has 2 rings (SSSR count). The maximum atomic E-state index is 10.7. The number of nitrogens with two attached hydrogens (primary N) is 1. The lowest BCUT2D eigenvalue weighted by atomic mass is 9.91. The van der Waals surface area contributed by atoms with Crippen molar-refractivity contribution in [3.05, 3.63) is 30.1 Å². The van der Waals surface area contributed by atoms with E-state index in [0.29, 0.717) is 6.54 Å². The van der Waals surface area contributed by atoms with Gasteiger partial charge in [-0.25, -0.2) is 0 Å². The lowest BCUT2D eigenvalue weighted by molar-refractivity contribution is 0.101. The Morgan fingerprint density at radius 2 is 1.89 bits per heavy atom. The van der Waals surface area contributed by atoms with Gasteiger partial charge in [0.1, 0.15) is 0 Å². The van der Waals surface area contributed by atoms with Gasteiger partial charge in [0.15, 0.2) is 0 Å². The summed E-state index contributed by atoms with van der Waals surface area (Å²) in [6.45, 7) is 9.29. The van der Waals surface area contributed by atoms with E-state index in [-0.39, 0.29) is 22.7 Å². The van der Waals surface area contributed by atoms with Crippen molar-refractivity contribution in [1.29, 1.82) is 0 Å². The quantitative estimate of drug-likeness (QED) is 0.858. The molecule has 0 saturated heterocycles. The third-order valence-electron chi connectivity index (χ3n) is 5.21. The third kappa shape index (κ3) is 1.86. The number of hydrogen-bond acceptors (Lipinski definition) is 3. The van der Waals surface area contributed by atoms with Crippen molar-refractivity contribution in [3.8, 4) is 0 Å². The third-order valence-corrected chi connectivity index (χ3v) is 5.21. The van der Waals surface area contributed by atoms with E-state index in [0.717, 1.165) is 5.69 Å². The second-order valence-electron chi connectivity index (χ2n) is 6.51. The van der Waals surface area contributed by atoms with E-state index in [2.05, 4.69) is 32.7 Å². The topological polar surface area (TPSA) is 59.1 Å². The fourth-order valence-corrected chi connectivity index (χ4v) is 3.36. The van der Waals surface area contributed by atoms with Crippen molar-refractivity contribution in [2.45, 2.75) is 39.7 Å². The van der Waals surface area contributed by atoms with Crippen molar-refractivity contribution >= 4 is 0 Å². The average Bonchev–Trinajstić information content (AvgIpc) is 2.71. The minimum atomic E-state index is -0.421. The van der Waals surface area contributed by atoms with E-state index in [1.807, 2.05) is 18.2 Å². The standard InChI is InChI=1S/C15H24N2O/c1-14(2)13(15(14,3)4)12(18)10(9-16)11-7-5-6-8-17-11/h5-8,10,12-13,18H,9,16H2,1-4H3. The van der Waals surface area contributed by atoms with Crippen LogP contribution >= 0.6 is 0 Å². The summed E-state index contributed by atoms with van der Waals surface area (Å²) in [6.07, 6.45) is 1.34. The van der Waals surface area contributed by atoms with E-state index in [1.165, 1.54) is 0 Å². The van der Waals surface area contributed by atoms with Gasteiger partial charge < -0.3 is 10.8 Å². The molecule has 18 heavy (non-hydrogen) atoms. The first-order chi connectivity index (χ1) is 8.34. The van der Waals surface area contributed by atoms with Crippen LogP contribution in [0.4, 0.5) is 0 Å². The van der Waals surface area contributed by atoms with Crippen molar-refractivity contribution in [1.82, 2.24) is 4.98 Å². The van der Waals surface area contributed by atoms with E-state index < -0.39 is 6.10 Å². The number of aromatic nitrogens is 1. The number of aliphatic hydroxyl groups is 1. The minimum absolute atomic E-state index is 0.0720. The van der Waals surface area contributed by atoms with Gasteiger partial charge in [-0.1, -0.05) is 33.8 Å². The van der Waals surface area contributed by atoms with Crippen LogP contribution in [-0.2, 0) is 0 Å². The molecule has 3 nitrogen and oxygen atoms in total. The fourth-order valence-electron chi connectivity index (χ4n) is 3.36. The van der Waals surface area contributed by atoms with Crippen LogP contribution in [0.25, 0.3) is 0 Å². The molecular formula is C15H24N2O. The first-order valence-electron chi connectivity index (χ1n) is 6.63. The van der Waals surface area contributed by atoms with Crippen LogP contribution in [0.5, 0.6) is 0 Å². The molecule has 1 aromatic heterocycles. The van der Waals surface area contributed by atoms with Gasteiger partial charge in [0, 0.05) is 24.4 Å². The molecule has 1 aromatic rings. The summed E-state index contributed by atoms with van der Waals surface area (Å²) in [7, 11) is 0. The first kappa shape index (κ1) is 13.5. The highest BCUT2D eigenvalue weighted by atomic mass is 16.3. The first-order valence-corrected chi connectivity index (χ1v) is 6.63. The Morgan fingerprint density at radius 1 is 1.28 bits per heavy atom. The molecular weight excluding hydrogens is 224 g/mol. The Balaban J connectivity index is 2.21. The molecule has 2 unspecified atom stereocenters. The molecule has 0 amide bonds. The molecule has 100 valence electrons. The molecule has 3 N–H and O–H groups in total. The number of rotatable bonds is 4. The van der Waals surface area contributed by atoms with Gasteiger partial charge in [-0.2, -0.15) is 0 Å². The minimum Gasteiger partial charge on any atom is -0.392 e. The highest BCUT2D eigenvalue weighted by Gasteiger charge is 2.67. The average molecular weight is 248 g/mol. The van der Waals surface area contributed by atoms with Crippen LogP contribution in [0.1, 0.15) is 39.3 Å². The fraction of sp³-hybridized carbons (Fsp3) is 0.667. The Labute approximate surface area is 109 Å². The lowest BCUT2D eigenvalue weighted by Crippen LogP contribution is -2.30. The van der Waals surface area contributed by atoms with Gasteiger partial charge in [-0.3, -0.25) is 4.98 Å². The molecule has 2 atom stereocenters. The maximum Gasteiger partial charge on any atom is 0.0674 e. The summed E-state index contributed by atoms with van der Waals surface area (Å²) in [5.74, 6) is 0.206. The summed E-state index contributed by atoms with van der Waals surface area (Å²) in [4.78, 5) is 4.34. The molecule has 0 aliphatic heterocycles. The van der Waals surface area contributed by atoms with Crippen LogP contribution in [-0.4, -0.2) is 22.7 Å². The zero-order valence-corrected chi connectivity index (χ0v) is 11.7. The Hall–Kier alpha value is -0.930. The zero-order chi connectivity index (χ0) is 13.6. The highest BCUT2D eigenvalue weighted by molar-refractivity contribution is 5.21. The summed E-state index contributed by atoms with van der Waals surface area (Å²) < 4.78 is 0. The van der Waals surface area contributed by atoms with Crippen LogP contribution in [0.3, 0.4) is 0 Å². The predicted octanol–water partition coefficient (Wildman–Crippen LogP) is 2.17. The van der Waals surface area contributed by atoms with Gasteiger partial charge in [-0.15, -0.1) is 0 Å². The summed E-state index contributed by atoms with van der Waals surface area (Å²) >= 11 is 0. The van der Waals surface area contributed by atoms with Gasteiger partial charge in [0.05, 0.1) is 6.10 Å². The Kier molecular flexibility index (Phi) is 3.24. The molecule has 0 aromatic carbocycles. The molecule has 0 bridgehead atoms. The summed E-state index contributed by atoms with van der Waals surface area (Å²) in [6, 6.07) is 5.78. The number of aliphatic hydroxyl groups excluding tert-OH is 1.